The minimum absolute atomic E-state index is 0.328. The van der Waals surface area contributed by atoms with E-state index < -0.39 is 11.1 Å². The molecular formula is C5H7IO2S. The lowest BCUT2D eigenvalue weighted by Crippen LogP contribution is -2.19. The Morgan fingerprint density at radius 3 is 2.44 bits per heavy atom. The van der Waals surface area contributed by atoms with E-state index in [1.807, 2.05) is 13.8 Å². The van der Waals surface area contributed by atoms with Gasteiger partial charge >= 0.3 is 0 Å². The van der Waals surface area contributed by atoms with Crippen molar-refractivity contribution in [1.82, 2.24) is 0 Å². The Hall–Kier alpha value is 0.580. The van der Waals surface area contributed by atoms with E-state index in [-0.39, 0.29) is 5.60 Å². The second-order valence-corrected chi connectivity index (χ2v) is 4.41. The molecular weight excluding hydrogens is 251 g/mol. The lowest BCUT2D eigenvalue weighted by atomic mass is 10.1. The maximum Gasteiger partial charge on any atom is 0.183 e. The molecule has 0 spiro atoms. The normalized spacial score (nSPS) is 32.3. The van der Waals surface area contributed by atoms with Crippen LogP contribution in [0.25, 0.3) is 0 Å². The van der Waals surface area contributed by atoms with Gasteiger partial charge < -0.3 is 0 Å². The average Bonchev–Trinajstić information content (AvgIpc) is 1.79. The molecule has 0 N–H and O–H groups in total. The average molecular weight is 258 g/mol. The first-order valence-corrected chi connectivity index (χ1v) is 4.72. The van der Waals surface area contributed by atoms with Gasteiger partial charge in [0, 0.05) is 8.99 Å². The molecule has 1 rings (SSSR count). The summed E-state index contributed by atoms with van der Waals surface area (Å²) >= 11 is 0.941. The third kappa shape index (κ3) is 1.53. The Morgan fingerprint density at radius 2 is 2.33 bits per heavy atom. The van der Waals surface area contributed by atoms with E-state index in [4.69, 9.17) is 4.18 Å². The Labute approximate surface area is 70.5 Å². The van der Waals surface area contributed by atoms with Gasteiger partial charge in [-0.05, 0) is 36.4 Å². The third-order valence-corrected chi connectivity index (χ3v) is 4.11. The molecule has 0 saturated carbocycles. The molecule has 9 heavy (non-hydrogen) atoms. The smallest absolute Gasteiger partial charge is 0.183 e. The summed E-state index contributed by atoms with van der Waals surface area (Å²) < 4.78 is 16.7. The van der Waals surface area contributed by atoms with Gasteiger partial charge in [0.2, 0.25) is 0 Å². The quantitative estimate of drug-likeness (QED) is 0.618. The van der Waals surface area contributed by atoms with Gasteiger partial charge in [-0.2, -0.15) is 0 Å². The van der Waals surface area contributed by atoms with Crippen molar-refractivity contribution in [3.05, 3.63) is 8.99 Å². The zero-order chi connectivity index (χ0) is 7.07. The van der Waals surface area contributed by atoms with Crippen molar-refractivity contribution >= 4 is 33.7 Å². The molecule has 0 bridgehead atoms. The Bertz CT molecular complexity index is 185. The Kier molecular flexibility index (Phi) is 1.98. The first kappa shape index (κ1) is 7.68. The topological polar surface area (TPSA) is 26.3 Å². The number of hydrogen-bond acceptors (Lipinski definition) is 2. The van der Waals surface area contributed by atoms with Crippen LogP contribution in [0.1, 0.15) is 13.8 Å². The zero-order valence-corrected chi connectivity index (χ0v) is 8.15. The predicted molar refractivity (Wildman–Crippen MR) is 45.4 cm³/mol. The summed E-state index contributed by atoms with van der Waals surface area (Å²) in [7, 11) is 0. The summed E-state index contributed by atoms with van der Waals surface area (Å²) in [6.07, 6.45) is 0. The fourth-order valence-electron chi connectivity index (χ4n) is 0.496. The second-order valence-electron chi connectivity index (χ2n) is 2.32. The molecule has 52 valence electrons. The van der Waals surface area contributed by atoms with E-state index in [9.17, 15) is 4.21 Å². The third-order valence-electron chi connectivity index (χ3n) is 1.07. The Morgan fingerprint density at radius 1 is 1.78 bits per heavy atom. The zero-order valence-electron chi connectivity index (χ0n) is 5.18. The van der Waals surface area contributed by atoms with Crippen LogP contribution in [0.2, 0.25) is 0 Å². The summed E-state index contributed by atoms with van der Waals surface area (Å²) in [5.74, 6) is 0. The highest BCUT2D eigenvalue weighted by molar-refractivity contribution is 14.1. The fraction of sp³-hybridized carbons (Fsp3) is 0.600. The van der Waals surface area contributed by atoms with Gasteiger partial charge in [0.15, 0.2) is 11.1 Å². The molecule has 0 aromatic carbocycles. The molecule has 0 aromatic heterocycles. The first-order chi connectivity index (χ1) is 4.02. The van der Waals surface area contributed by atoms with Crippen LogP contribution in [-0.4, -0.2) is 9.81 Å². The van der Waals surface area contributed by atoms with Gasteiger partial charge in [0.05, 0.1) is 0 Å². The molecule has 1 atom stereocenters. The number of halogens is 1. The van der Waals surface area contributed by atoms with E-state index in [2.05, 4.69) is 22.6 Å². The highest BCUT2D eigenvalue weighted by Crippen LogP contribution is 2.33. The standard InChI is InChI=1S/C5H7IO2S/c1-5(2)4(6)3-9(7)8-5/h3H,1-2H3. The first-order valence-electron chi connectivity index (χ1n) is 2.50. The van der Waals surface area contributed by atoms with E-state index in [1.165, 1.54) is 0 Å². The van der Waals surface area contributed by atoms with E-state index >= 15 is 0 Å². The van der Waals surface area contributed by atoms with Crippen molar-refractivity contribution in [3.8, 4) is 0 Å². The van der Waals surface area contributed by atoms with Crippen molar-refractivity contribution in [2.24, 2.45) is 0 Å². The molecule has 1 aliphatic rings. The Balaban J connectivity index is 2.89. The van der Waals surface area contributed by atoms with Crippen molar-refractivity contribution in [2.75, 3.05) is 0 Å². The molecule has 0 amide bonds. The molecule has 4 heteroatoms. The maximum absolute atomic E-state index is 10.7. The van der Waals surface area contributed by atoms with Crippen molar-refractivity contribution in [1.29, 1.82) is 0 Å². The minimum atomic E-state index is -1.19. The molecule has 2 nitrogen and oxygen atoms in total. The van der Waals surface area contributed by atoms with E-state index in [0.29, 0.717) is 0 Å². The van der Waals surface area contributed by atoms with E-state index in [0.717, 1.165) is 3.58 Å². The van der Waals surface area contributed by atoms with Crippen molar-refractivity contribution in [3.63, 3.8) is 0 Å². The minimum Gasteiger partial charge on any atom is -0.276 e. The van der Waals surface area contributed by atoms with Crippen LogP contribution in [0.4, 0.5) is 0 Å². The van der Waals surface area contributed by atoms with Crippen LogP contribution in [0.5, 0.6) is 0 Å². The molecule has 1 heterocycles. The number of rotatable bonds is 0. The lowest BCUT2D eigenvalue weighted by Gasteiger charge is -2.14. The summed E-state index contributed by atoms with van der Waals surface area (Å²) in [5.41, 5.74) is -0.328. The predicted octanol–water partition coefficient (Wildman–Crippen LogP) is 1.74. The highest BCUT2D eigenvalue weighted by Gasteiger charge is 2.31. The summed E-state index contributed by atoms with van der Waals surface area (Å²) in [6, 6.07) is 0. The van der Waals surface area contributed by atoms with Crippen LogP contribution >= 0.6 is 22.6 Å². The van der Waals surface area contributed by atoms with Gasteiger partial charge in [-0.15, -0.1) is 0 Å². The van der Waals surface area contributed by atoms with Crippen molar-refractivity contribution < 1.29 is 8.39 Å². The molecule has 0 fully saturated rings. The van der Waals surface area contributed by atoms with Crippen LogP contribution in [0.3, 0.4) is 0 Å². The largest absolute Gasteiger partial charge is 0.276 e. The fourth-order valence-corrected chi connectivity index (χ4v) is 2.38. The molecule has 1 unspecified atom stereocenters. The van der Waals surface area contributed by atoms with Gasteiger partial charge in [0.1, 0.15) is 5.60 Å². The van der Waals surface area contributed by atoms with Gasteiger partial charge in [-0.1, -0.05) is 0 Å². The summed E-state index contributed by atoms with van der Waals surface area (Å²) in [6.45, 7) is 3.80. The van der Waals surface area contributed by atoms with Crippen LogP contribution in [0, 0.1) is 0 Å². The van der Waals surface area contributed by atoms with Crippen LogP contribution in [0.15, 0.2) is 8.99 Å². The molecule has 1 aliphatic heterocycles. The summed E-state index contributed by atoms with van der Waals surface area (Å²) in [4.78, 5) is 0. The van der Waals surface area contributed by atoms with Gasteiger partial charge in [0.25, 0.3) is 0 Å². The van der Waals surface area contributed by atoms with Crippen LogP contribution < -0.4 is 0 Å². The number of hydrogen-bond donors (Lipinski definition) is 0. The van der Waals surface area contributed by atoms with Crippen LogP contribution in [-0.2, 0) is 15.3 Å². The molecule has 0 aliphatic carbocycles. The molecule has 0 aromatic rings. The lowest BCUT2D eigenvalue weighted by molar-refractivity contribution is 0.195. The molecule has 0 radical (unpaired) electrons. The monoisotopic (exact) mass is 258 g/mol. The van der Waals surface area contributed by atoms with E-state index in [1.54, 1.807) is 5.41 Å². The highest BCUT2D eigenvalue weighted by atomic mass is 127. The van der Waals surface area contributed by atoms with Gasteiger partial charge in [-0.25, -0.2) is 4.21 Å². The van der Waals surface area contributed by atoms with Gasteiger partial charge in [-0.3, -0.25) is 4.18 Å². The maximum atomic E-state index is 10.7. The molecule has 0 saturated heterocycles. The second kappa shape index (κ2) is 2.32. The van der Waals surface area contributed by atoms with Crippen molar-refractivity contribution in [2.45, 2.75) is 19.4 Å². The SMILES string of the molecule is CC1(C)OS(=O)C=C1I. The summed E-state index contributed by atoms with van der Waals surface area (Å²) in [5, 5.41) is 1.63.